The van der Waals surface area contributed by atoms with Gasteiger partial charge in [-0.05, 0) is 25.0 Å². The number of alkyl halides is 1. The number of amides is 2. The molecule has 29 heavy (non-hydrogen) atoms. The summed E-state index contributed by atoms with van der Waals surface area (Å²) in [7, 11) is 0. The fraction of sp³-hybridized carbons (Fsp3) is 0.500. The molecule has 1 unspecified atom stereocenters. The molecule has 158 valence electrons. The van der Waals surface area contributed by atoms with Crippen molar-refractivity contribution in [2.24, 2.45) is 5.92 Å². The highest BCUT2D eigenvalue weighted by atomic mass is 19.1. The highest BCUT2D eigenvalue weighted by molar-refractivity contribution is 5.94. The van der Waals surface area contributed by atoms with Gasteiger partial charge in [-0.25, -0.2) is 9.18 Å². The number of Topliss-reactive ketones (excluding diaryl/α,β-unsaturated/α-hetero) is 1. The van der Waals surface area contributed by atoms with Crippen LogP contribution in [0.2, 0.25) is 0 Å². The summed E-state index contributed by atoms with van der Waals surface area (Å²) in [4.78, 5) is 47.7. The number of hydrogen-bond donors (Lipinski definition) is 3. The predicted octanol–water partition coefficient (Wildman–Crippen LogP) is 2.68. The summed E-state index contributed by atoms with van der Waals surface area (Å²) < 4.78 is 18.1. The Morgan fingerprint density at radius 3 is 2.34 bits per heavy atom. The minimum absolute atomic E-state index is 0.267. The Morgan fingerprint density at radius 1 is 1.10 bits per heavy atom. The molecule has 0 radical (unpaired) electrons. The summed E-state index contributed by atoms with van der Waals surface area (Å²) in [6, 6.07) is 7.01. The van der Waals surface area contributed by atoms with Crippen LogP contribution < -0.4 is 10.6 Å². The third-order valence-electron chi connectivity index (χ3n) is 4.81. The zero-order valence-electron chi connectivity index (χ0n) is 15.9. The molecule has 1 aliphatic carbocycles. The molecule has 1 aromatic carbocycles. The Morgan fingerprint density at radius 2 is 1.76 bits per heavy atom. The van der Waals surface area contributed by atoms with Gasteiger partial charge in [0.1, 0.15) is 12.7 Å². The Kier molecular flexibility index (Phi) is 8.57. The number of hydrogen-bond acceptors (Lipinski definition) is 5. The van der Waals surface area contributed by atoms with Crippen molar-refractivity contribution in [2.75, 3.05) is 12.0 Å². The second kappa shape index (κ2) is 11.1. The van der Waals surface area contributed by atoms with Crippen LogP contribution in [0, 0.1) is 5.92 Å². The molecule has 1 aliphatic rings. The molecule has 8 nitrogen and oxygen atoms in total. The van der Waals surface area contributed by atoms with E-state index in [1.54, 1.807) is 30.3 Å². The highest BCUT2D eigenvalue weighted by Gasteiger charge is 2.35. The summed E-state index contributed by atoms with van der Waals surface area (Å²) in [6.07, 6.45) is 1.23. The van der Waals surface area contributed by atoms with Crippen LogP contribution in [0.15, 0.2) is 30.3 Å². The Balaban J connectivity index is 2.11. The molecule has 1 aromatic rings. The molecule has 2 rings (SSSR count). The second-order valence-corrected chi connectivity index (χ2v) is 6.97. The quantitative estimate of drug-likeness (QED) is 0.578. The van der Waals surface area contributed by atoms with Gasteiger partial charge in [0.2, 0.25) is 0 Å². The van der Waals surface area contributed by atoms with Crippen LogP contribution in [-0.2, 0) is 19.1 Å². The molecule has 1 saturated carbocycles. The Bertz CT molecular complexity index is 721. The lowest BCUT2D eigenvalue weighted by molar-refractivity contribution is -0.141. The minimum atomic E-state index is -1.52. The first-order chi connectivity index (χ1) is 13.9. The predicted molar refractivity (Wildman–Crippen MR) is 102 cm³/mol. The van der Waals surface area contributed by atoms with Crippen molar-refractivity contribution in [1.82, 2.24) is 5.32 Å². The third-order valence-corrected chi connectivity index (χ3v) is 4.81. The number of rotatable bonds is 9. The summed E-state index contributed by atoms with van der Waals surface area (Å²) >= 11 is 0. The molecule has 2 amide bonds. The highest BCUT2D eigenvalue weighted by Crippen LogP contribution is 2.28. The molecule has 0 bridgehead atoms. The van der Waals surface area contributed by atoms with E-state index in [-0.39, 0.29) is 5.92 Å². The number of ether oxygens (including phenoxy) is 1. The monoisotopic (exact) mass is 408 g/mol. The van der Waals surface area contributed by atoms with E-state index in [2.05, 4.69) is 10.6 Å². The number of benzene rings is 1. The second-order valence-electron chi connectivity index (χ2n) is 6.97. The van der Waals surface area contributed by atoms with Crippen molar-refractivity contribution >= 4 is 29.4 Å². The zero-order chi connectivity index (χ0) is 21.2. The van der Waals surface area contributed by atoms with E-state index >= 15 is 0 Å². The van der Waals surface area contributed by atoms with Crippen LogP contribution in [0.25, 0.3) is 0 Å². The third kappa shape index (κ3) is 7.17. The van der Waals surface area contributed by atoms with Crippen LogP contribution in [0.4, 0.5) is 14.9 Å². The zero-order valence-corrected chi connectivity index (χ0v) is 15.9. The van der Waals surface area contributed by atoms with Crippen molar-refractivity contribution in [3.05, 3.63) is 30.3 Å². The van der Waals surface area contributed by atoms with Crippen molar-refractivity contribution in [2.45, 2.75) is 50.7 Å². The van der Waals surface area contributed by atoms with Gasteiger partial charge in [0.05, 0.1) is 6.42 Å². The van der Waals surface area contributed by atoms with Crippen LogP contribution in [0.1, 0.15) is 38.5 Å². The Labute approximate surface area is 167 Å². The number of carbonyl (C=O) groups excluding carboxylic acids is 3. The number of ketones is 1. The number of aliphatic carboxylic acids is 1. The molecule has 1 fully saturated rings. The van der Waals surface area contributed by atoms with E-state index in [1.807, 2.05) is 0 Å². The molecule has 0 spiro atoms. The van der Waals surface area contributed by atoms with Gasteiger partial charge in [-0.2, -0.15) is 0 Å². The maximum Gasteiger partial charge on any atom is 0.412 e. The fourth-order valence-electron chi connectivity index (χ4n) is 3.35. The van der Waals surface area contributed by atoms with Crippen LogP contribution >= 0.6 is 0 Å². The topological polar surface area (TPSA) is 122 Å². The van der Waals surface area contributed by atoms with Crippen LogP contribution in [0.3, 0.4) is 0 Å². The number of carboxylic acid groups (broad SMARTS) is 1. The summed E-state index contributed by atoms with van der Waals surface area (Å²) in [5.74, 6) is -3.46. The maximum atomic E-state index is 12.8. The first-order valence-corrected chi connectivity index (χ1v) is 9.54. The van der Waals surface area contributed by atoms with Gasteiger partial charge in [-0.1, -0.05) is 37.5 Å². The lowest BCUT2D eigenvalue weighted by atomic mass is 9.84. The average Bonchev–Trinajstić information content (AvgIpc) is 2.72. The molecule has 0 aliphatic heterocycles. The van der Waals surface area contributed by atoms with Crippen molar-refractivity contribution in [1.29, 1.82) is 0 Å². The van der Waals surface area contributed by atoms with E-state index in [0.29, 0.717) is 18.5 Å². The van der Waals surface area contributed by atoms with Crippen LogP contribution in [0.5, 0.6) is 0 Å². The molecule has 9 heteroatoms. The molecule has 2 atom stereocenters. The molecule has 0 heterocycles. The van der Waals surface area contributed by atoms with Crippen molar-refractivity contribution < 1.29 is 33.4 Å². The van der Waals surface area contributed by atoms with E-state index in [0.717, 1.165) is 19.3 Å². The van der Waals surface area contributed by atoms with E-state index in [1.165, 1.54) is 0 Å². The molecule has 3 N–H and O–H groups in total. The van der Waals surface area contributed by atoms with E-state index in [4.69, 9.17) is 9.84 Å². The Hall–Kier alpha value is -2.97. The lowest BCUT2D eigenvalue weighted by Crippen LogP contribution is -2.50. The van der Waals surface area contributed by atoms with Gasteiger partial charge in [-0.3, -0.25) is 19.7 Å². The van der Waals surface area contributed by atoms with Gasteiger partial charge in [-0.15, -0.1) is 0 Å². The number of nitrogens with one attached hydrogen (secondary N) is 2. The largest absolute Gasteiger partial charge is 0.481 e. The lowest BCUT2D eigenvalue weighted by Gasteiger charge is -2.30. The standard InChI is InChI=1S/C20H25FN2O6/c21-12-16(24)15(11-17(25)26)23-19(27)18(13-7-3-1-4-8-13)29-20(28)22-14-9-5-2-6-10-14/h2,5-6,9-10,13,15,18H,1,3-4,7-8,11-12H2,(H,22,28)(H,23,27)(H,25,26)/t15?,18-/m0/s1. The van der Waals surface area contributed by atoms with Crippen LogP contribution in [-0.4, -0.2) is 47.7 Å². The van der Waals surface area contributed by atoms with Gasteiger partial charge < -0.3 is 15.2 Å². The van der Waals surface area contributed by atoms with E-state index < -0.39 is 49.0 Å². The van der Waals surface area contributed by atoms with Gasteiger partial charge >= 0.3 is 12.1 Å². The molecule has 0 saturated heterocycles. The number of halogens is 1. The molecular formula is C20H25FN2O6. The van der Waals surface area contributed by atoms with Gasteiger partial charge in [0.25, 0.3) is 5.91 Å². The minimum Gasteiger partial charge on any atom is -0.481 e. The number of carbonyl (C=O) groups is 4. The summed E-state index contributed by atoms with van der Waals surface area (Å²) in [6.45, 7) is -1.40. The SMILES string of the molecule is O=C(O)CC(NC(=O)[C@@H](OC(=O)Nc1ccccc1)C1CCCCC1)C(=O)CF. The van der Waals surface area contributed by atoms with Gasteiger partial charge in [0.15, 0.2) is 11.9 Å². The smallest absolute Gasteiger partial charge is 0.412 e. The first-order valence-electron chi connectivity index (χ1n) is 9.54. The molecule has 0 aromatic heterocycles. The maximum absolute atomic E-state index is 12.8. The summed E-state index contributed by atoms with van der Waals surface area (Å²) in [5.41, 5.74) is 0.483. The van der Waals surface area contributed by atoms with E-state index in [9.17, 15) is 23.6 Å². The fourth-order valence-corrected chi connectivity index (χ4v) is 3.35. The van der Waals surface area contributed by atoms with Crippen molar-refractivity contribution in [3.63, 3.8) is 0 Å². The number of carboxylic acids is 1. The average molecular weight is 408 g/mol. The van der Waals surface area contributed by atoms with Crippen molar-refractivity contribution in [3.8, 4) is 0 Å². The summed E-state index contributed by atoms with van der Waals surface area (Å²) in [5, 5.41) is 13.7. The first kappa shape index (κ1) is 22.3. The molecular weight excluding hydrogens is 383 g/mol. The normalized spacial score (nSPS) is 16.3. The van der Waals surface area contributed by atoms with Gasteiger partial charge in [0, 0.05) is 11.6 Å². The number of anilines is 1. The number of para-hydroxylation sites is 1.